The van der Waals surface area contributed by atoms with Crippen LogP contribution < -0.4 is 5.73 Å². The van der Waals surface area contributed by atoms with Crippen molar-refractivity contribution in [3.63, 3.8) is 0 Å². The maximum absolute atomic E-state index is 5.91. The Morgan fingerprint density at radius 2 is 1.86 bits per heavy atom. The molecule has 0 bridgehead atoms. The van der Waals surface area contributed by atoms with Crippen molar-refractivity contribution in [3.05, 3.63) is 30.1 Å². The molecule has 4 nitrogen and oxygen atoms in total. The molecule has 1 unspecified atom stereocenters. The monoisotopic (exact) mass is 288 g/mol. The van der Waals surface area contributed by atoms with Gasteiger partial charge in [0, 0.05) is 12.6 Å². The summed E-state index contributed by atoms with van der Waals surface area (Å²) in [5.41, 5.74) is 8.17. The zero-order valence-corrected chi connectivity index (χ0v) is 13.5. The molecule has 0 fully saturated rings. The third-order valence-corrected chi connectivity index (χ3v) is 3.90. The molecular formula is C17H28N4. The predicted octanol–water partition coefficient (Wildman–Crippen LogP) is 3.18. The smallest absolute Gasteiger partial charge is 0.124 e. The van der Waals surface area contributed by atoms with Gasteiger partial charge in [-0.2, -0.15) is 0 Å². The van der Waals surface area contributed by atoms with E-state index in [0.29, 0.717) is 6.54 Å². The average Bonchev–Trinajstić information content (AvgIpc) is 2.85. The first-order valence-electron chi connectivity index (χ1n) is 8.09. The van der Waals surface area contributed by atoms with Crippen molar-refractivity contribution >= 4 is 11.0 Å². The Kier molecular flexibility index (Phi) is 5.76. The maximum Gasteiger partial charge on any atom is 0.124 e. The summed E-state index contributed by atoms with van der Waals surface area (Å²) in [4.78, 5) is 7.34. The fourth-order valence-corrected chi connectivity index (χ4v) is 2.91. The summed E-state index contributed by atoms with van der Waals surface area (Å²) in [6.45, 7) is 10.4. The second-order valence-electron chi connectivity index (χ2n) is 5.75. The number of imidazole rings is 1. The largest absolute Gasteiger partial charge is 0.328 e. The second kappa shape index (κ2) is 7.57. The van der Waals surface area contributed by atoms with E-state index < -0.39 is 0 Å². The number of fused-ring (bicyclic) bond motifs is 1. The number of benzene rings is 1. The first-order valence-corrected chi connectivity index (χ1v) is 8.09. The molecule has 1 atom stereocenters. The minimum atomic E-state index is 0.275. The van der Waals surface area contributed by atoms with Crippen LogP contribution in [0.1, 0.15) is 45.5 Å². The highest BCUT2D eigenvalue weighted by molar-refractivity contribution is 5.76. The minimum Gasteiger partial charge on any atom is -0.328 e. The first kappa shape index (κ1) is 16.0. The summed E-state index contributed by atoms with van der Waals surface area (Å²) in [6.07, 6.45) is 2.35. The molecule has 0 amide bonds. The van der Waals surface area contributed by atoms with Gasteiger partial charge < -0.3 is 10.3 Å². The number of hydrogen-bond acceptors (Lipinski definition) is 3. The molecular weight excluding hydrogens is 260 g/mol. The summed E-state index contributed by atoms with van der Waals surface area (Å²) >= 11 is 0. The van der Waals surface area contributed by atoms with Crippen molar-refractivity contribution in [2.24, 2.45) is 5.73 Å². The van der Waals surface area contributed by atoms with Crippen molar-refractivity contribution < 1.29 is 0 Å². The Labute approximate surface area is 128 Å². The van der Waals surface area contributed by atoms with E-state index in [-0.39, 0.29) is 6.04 Å². The van der Waals surface area contributed by atoms with Crippen LogP contribution >= 0.6 is 0 Å². The SMILES string of the molecule is CCCN(CCC)Cc1nc2ccccc2n1C(C)CN. The summed E-state index contributed by atoms with van der Waals surface area (Å²) in [5.74, 6) is 1.14. The second-order valence-corrected chi connectivity index (χ2v) is 5.75. The van der Waals surface area contributed by atoms with Crippen LogP contribution in [-0.4, -0.2) is 34.1 Å². The molecule has 116 valence electrons. The molecule has 21 heavy (non-hydrogen) atoms. The van der Waals surface area contributed by atoms with Crippen LogP contribution in [-0.2, 0) is 6.54 Å². The van der Waals surface area contributed by atoms with Gasteiger partial charge >= 0.3 is 0 Å². The average molecular weight is 288 g/mol. The van der Waals surface area contributed by atoms with Gasteiger partial charge in [0.2, 0.25) is 0 Å². The van der Waals surface area contributed by atoms with Crippen molar-refractivity contribution in [3.8, 4) is 0 Å². The Morgan fingerprint density at radius 1 is 1.19 bits per heavy atom. The highest BCUT2D eigenvalue weighted by Gasteiger charge is 2.16. The highest BCUT2D eigenvalue weighted by atomic mass is 15.2. The van der Waals surface area contributed by atoms with E-state index in [1.807, 2.05) is 6.07 Å². The van der Waals surface area contributed by atoms with Gasteiger partial charge in [0.25, 0.3) is 0 Å². The minimum absolute atomic E-state index is 0.275. The molecule has 0 aliphatic rings. The van der Waals surface area contributed by atoms with Crippen LogP contribution in [0, 0.1) is 0 Å². The Balaban J connectivity index is 2.37. The maximum atomic E-state index is 5.91. The van der Waals surface area contributed by atoms with Gasteiger partial charge in [0.15, 0.2) is 0 Å². The lowest BCUT2D eigenvalue weighted by molar-refractivity contribution is 0.255. The predicted molar refractivity (Wildman–Crippen MR) is 89.4 cm³/mol. The molecule has 0 saturated heterocycles. The zero-order valence-electron chi connectivity index (χ0n) is 13.5. The van der Waals surface area contributed by atoms with E-state index >= 15 is 0 Å². The standard InChI is InChI=1S/C17H28N4/c1-4-10-20(11-5-2)13-17-19-15-8-6-7-9-16(15)21(17)14(3)12-18/h6-9,14H,4-5,10-13,18H2,1-3H3. The van der Waals surface area contributed by atoms with Crippen LogP contribution in [0.5, 0.6) is 0 Å². The topological polar surface area (TPSA) is 47.1 Å². The number of nitrogens with zero attached hydrogens (tertiary/aromatic N) is 3. The number of para-hydroxylation sites is 2. The zero-order chi connectivity index (χ0) is 15.2. The number of nitrogens with two attached hydrogens (primary N) is 1. The van der Waals surface area contributed by atoms with E-state index in [0.717, 1.165) is 31.0 Å². The lowest BCUT2D eigenvalue weighted by Crippen LogP contribution is -2.28. The number of aromatic nitrogens is 2. The molecule has 2 aromatic rings. The normalized spacial score (nSPS) is 13.2. The third-order valence-electron chi connectivity index (χ3n) is 3.90. The molecule has 0 saturated carbocycles. The van der Waals surface area contributed by atoms with Gasteiger partial charge in [-0.05, 0) is 45.0 Å². The van der Waals surface area contributed by atoms with Gasteiger partial charge in [-0.3, -0.25) is 4.90 Å². The lowest BCUT2D eigenvalue weighted by atomic mass is 10.2. The molecule has 4 heteroatoms. The molecule has 0 spiro atoms. The summed E-state index contributed by atoms with van der Waals surface area (Å²) in [5, 5.41) is 0. The summed E-state index contributed by atoms with van der Waals surface area (Å²) < 4.78 is 2.31. The molecule has 0 aliphatic heterocycles. The Morgan fingerprint density at radius 3 is 2.48 bits per heavy atom. The van der Waals surface area contributed by atoms with Gasteiger partial charge in [-0.15, -0.1) is 0 Å². The number of hydrogen-bond donors (Lipinski definition) is 1. The lowest BCUT2D eigenvalue weighted by Gasteiger charge is -2.23. The molecule has 0 aliphatic carbocycles. The van der Waals surface area contributed by atoms with Gasteiger partial charge in [-0.1, -0.05) is 26.0 Å². The molecule has 1 heterocycles. The van der Waals surface area contributed by atoms with E-state index in [4.69, 9.17) is 10.7 Å². The van der Waals surface area contributed by atoms with Crippen LogP contribution in [0.15, 0.2) is 24.3 Å². The fourth-order valence-electron chi connectivity index (χ4n) is 2.91. The van der Waals surface area contributed by atoms with Crippen LogP contribution in [0.4, 0.5) is 0 Å². The summed E-state index contributed by atoms with van der Waals surface area (Å²) in [6, 6.07) is 8.62. The molecule has 1 aromatic heterocycles. The van der Waals surface area contributed by atoms with Gasteiger partial charge in [-0.25, -0.2) is 4.98 Å². The van der Waals surface area contributed by atoms with Crippen molar-refractivity contribution in [2.45, 2.75) is 46.2 Å². The molecule has 2 rings (SSSR count). The van der Waals surface area contributed by atoms with E-state index in [1.165, 1.54) is 18.4 Å². The Hall–Kier alpha value is -1.39. The molecule has 2 N–H and O–H groups in total. The van der Waals surface area contributed by atoms with Crippen LogP contribution in [0.25, 0.3) is 11.0 Å². The van der Waals surface area contributed by atoms with Crippen molar-refractivity contribution in [1.29, 1.82) is 0 Å². The van der Waals surface area contributed by atoms with Gasteiger partial charge in [0.1, 0.15) is 5.82 Å². The van der Waals surface area contributed by atoms with Gasteiger partial charge in [0.05, 0.1) is 17.6 Å². The summed E-state index contributed by atoms with van der Waals surface area (Å²) in [7, 11) is 0. The highest BCUT2D eigenvalue weighted by Crippen LogP contribution is 2.21. The van der Waals surface area contributed by atoms with Crippen LogP contribution in [0.2, 0.25) is 0 Å². The van der Waals surface area contributed by atoms with Crippen molar-refractivity contribution in [2.75, 3.05) is 19.6 Å². The number of rotatable bonds is 8. The van der Waals surface area contributed by atoms with E-state index in [2.05, 4.69) is 48.4 Å². The van der Waals surface area contributed by atoms with Crippen LogP contribution in [0.3, 0.4) is 0 Å². The first-order chi connectivity index (χ1) is 10.2. The van der Waals surface area contributed by atoms with Crippen molar-refractivity contribution in [1.82, 2.24) is 14.5 Å². The Bertz CT molecular complexity index is 555. The van der Waals surface area contributed by atoms with E-state index in [9.17, 15) is 0 Å². The molecule has 0 radical (unpaired) electrons. The molecule has 1 aromatic carbocycles. The third kappa shape index (κ3) is 3.63. The van der Waals surface area contributed by atoms with E-state index in [1.54, 1.807) is 0 Å². The quantitative estimate of drug-likeness (QED) is 0.811. The fraction of sp³-hybridized carbons (Fsp3) is 0.588.